The normalized spacial score (nSPS) is 19.6. The van der Waals surface area contributed by atoms with Gasteiger partial charge in [-0.25, -0.2) is 4.79 Å². The summed E-state index contributed by atoms with van der Waals surface area (Å²) in [6.07, 6.45) is 2.67. The molecule has 1 N–H and O–H groups in total. The Bertz CT molecular complexity index is 808. The van der Waals surface area contributed by atoms with E-state index in [0.29, 0.717) is 23.6 Å². The van der Waals surface area contributed by atoms with E-state index in [1.807, 2.05) is 24.3 Å². The molecule has 0 bridgehead atoms. The number of nitrogens with one attached hydrogen (secondary N) is 1. The highest BCUT2D eigenvalue weighted by atomic mass is 35.5. The Hall–Kier alpha value is -2.60. The maximum atomic E-state index is 12.8. The van der Waals surface area contributed by atoms with Crippen LogP contribution in [0.5, 0.6) is 5.75 Å². The van der Waals surface area contributed by atoms with Gasteiger partial charge in [-0.3, -0.25) is 14.7 Å². The molecule has 0 saturated carbocycles. The lowest BCUT2D eigenvalue weighted by Crippen LogP contribution is -2.44. The second-order valence-corrected chi connectivity index (χ2v) is 6.91. The fourth-order valence-corrected chi connectivity index (χ4v) is 3.02. The first-order valence-electron chi connectivity index (χ1n) is 8.29. The lowest BCUT2D eigenvalue weighted by atomic mass is 9.93. The van der Waals surface area contributed by atoms with Crippen LogP contribution in [0.2, 0.25) is 5.02 Å². The molecule has 136 valence electrons. The van der Waals surface area contributed by atoms with Crippen molar-refractivity contribution < 1.29 is 14.3 Å². The number of carbonyl (C=O) groups excluding carboxylic acids is 2. The van der Waals surface area contributed by atoms with Gasteiger partial charge in [0.15, 0.2) is 0 Å². The van der Waals surface area contributed by atoms with E-state index < -0.39 is 11.6 Å². The Morgan fingerprint density at radius 2 is 1.92 bits per heavy atom. The van der Waals surface area contributed by atoms with E-state index in [1.165, 1.54) is 11.1 Å². The molecule has 1 unspecified atom stereocenters. The Kier molecular flexibility index (Phi) is 5.13. The van der Waals surface area contributed by atoms with Crippen LogP contribution in [-0.2, 0) is 17.8 Å². The van der Waals surface area contributed by atoms with Crippen LogP contribution >= 0.6 is 11.6 Å². The molecule has 7 heteroatoms. The standard InChI is InChI=1S/C19H20ClN3O3/c1-19(10-9-13-3-7-16(26-2)8-4-13)17(24)23(18(25)22-19)12-15-6-5-14(20)11-21-15/h3-8,11H,9-10,12H2,1-2H3,(H,22,25). The molecule has 26 heavy (non-hydrogen) atoms. The maximum absolute atomic E-state index is 12.8. The second-order valence-electron chi connectivity index (χ2n) is 6.47. The smallest absolute Gasteiger partial charge is 0.325 e. The van der Waals surface area contributed by atoms with Crippen molar-refractivity contribution in [1.82, 2.24) is 15.2 Å². The highest BCUT2D eigenvalue weighted by Crippen LogP contribution is 2.25. The quantitative estimate of drug-likeness (QED) is 0.789. The van der Waals surface area contributed by atoms with E-state index in [9.17, 15) is 9.59 Å². The Morgan fingerprint density at radius 1 is 1.19 bits per heavy atom. The predicted octanol–water partition coefficient (Wildman–Crippen LogP) is 3.19. The monoisotopic (exact) mass is 373 g/mol. The zero-order chi connectivity index (χ0) is 18.7. The molecule has 0 radical (unpaired) electrons. The number of ether oxygens (including phenoxy) is 1. The van der Waals surface area contributed by atoms with Crippen LogP contribution in [-0.4, -0.2) is 34.5 Å². The molecule has 1 fully saturated rings. The minimum absolute atomic E-state index is 0.125. The number of hydrogen-bond donors (Lipinski definition) is 1. The van der Waals surface area contributed by atoms with Crippen LogP contribution in [0.25, 0.3) is 0 Å². The van der Waals surface area contributed by atoms with E-state index in [0.717, 1.165) is 11.3 Å². The van der Waals surface area contributed by atoms with Gasteiger partial charge >= 0.3 is 6.03 Å². The predicted molar refractivity (Wildman–Crippen MR) is 98.0 cm³/mol. The van der Waals surface area contributed by atoms with Crippen molar-refractivity contribution in [1.29, 1.82) is 0 Å². The number of aryl methyl sites for hydroxylation is 1. The molecule has 6 nitrogen and oxygen atoms in total. The van der Waals surface area contributed by atoms with Gasteiger partial charge in [-0.15, -0.1) is 0 Å². The number of nitrogens with zero attached hydrogens (tertiary/aromatic N) is 2. The van der Waals surface area contributed by atoms with E-state index in [-0.39, 0.29) is 12.5 Å². The first-order valence-corrected chi connectivity index (χ1v) is 8.66. The SMILES string of the molecule is COc1ccc(CCC2(C)NC(=O)N(Cc3ccc(Cl)cn3)C2=O)cc1. The van der Waals surface area contributed by atoms with Crippen molar-refractivity contribution in [2.24, 2.45) is 0 Å². The fraction of sp³-hybridized carbons (Fsp3) is 0.316. The molecule has 1 aromatic carbocycles. The summed E-state index contributed by atoms with van der Waals surface area (Å²) in [5.74, 6) is 0.541. The largest absolute Gasteiger partial charge is 0.497 e. The van der Waals surface area contributed by atoms with Gasteiger partial charge in [0.05, 0.1) is 24.4 Å². The number of urea groups is 1. The number of hydrogen-bond acceptors (Lipinski definition) is 4. The van der Waals surface area contributed by atoms with Crippen LogP contribution in [0.15, 0.2) is 42.6 Å². The second kappa shape index (κ2) is 7.33. The molecule has 3 amide bonds. The number of halogens is 1. The van der Waals surface area contributed by atoms with Crippen molar-refractivity contribution in [2.75, 3.05) is 7.11 Å². The van der Waals surface area contributed by atoms with Gasteiger partial charge in [0.25, 0.3) is 5.91 Å². The van der Waals surface area contributed by atoms with Gasteiger partial charge in [0, 0.05) is 6.20 Å². The molecule has 1 aliphatic heterocycles. The van der Waals surface area contributed by atoms with Crippen LogP contribution in [0.1, 0.15) is 24.6 Å². The molecule has 0 spiro atoms. The number of pyridine rings is 1. The summed E-state index contributed by atoms with van der Waals surface area (Å²) < 4.78 is 5.14. The van der Waals surface area contributed by atoms with Crippen molar-refractivity contribution in [3.8, 4) is 5.75 Å². The molecule has 1 aliphatic rings. The lowest BCUT2D eigenvalue weighted by Gasteiger charge is -2.21. The number of carbonyl (C=O) groups is 2. The molecule has 1 atom stereocenters. The summed E-state index contributed by atoms with van der Waals surface area (Å²) >= 11 is 5.82. The third-order valence-electron chi connectivity index (χ3n) is 4.53. The summed E-state index contributed by atoms with van der Waals surface area (Å²) in [6, 6.07) is 10.7. The Morgan fingerprint density at radius 3 is 2.54 bits per heavy atom. The number of benzene rings is 1. The average molecular weight is 374 g/mol. The van der Waals surface area contributed by atoms with Gasteiger partial charge in [0.2, 0.25) is 0 Å². The number of amides is 3. The van der Waals surface area contributed by atoms with Crippen molar-refractivity contribution in [3.63, 3.8) is 0 Å². The van der Waals surface area contributed by atoms with Crippen LogP contribution < -0.4 is 10.1 Å². The summed E-state index contributed by atoms with van der Waals surface area (Å²) in [7, 11) is 1.62. The maximum Gasteiger partial charge on any atom is 0.325 e. The molecule has 1 saturated heterocycles. The minimum Gasteiger partial charge on any atom is -0.497 e. The Labute approximate surface area is 157 Å². The van der Waals surface area contributed by atoms with E-state index >= 15 is 0 Å². The molecule has 3 rings (SSSR count). The van der Waals surface area contributed by atoms with Gasteiger partial charge in [-0.05, 0) is 49.6 Å². The molecule has 2 heterocycles. The van der Waals surface area contributed by atoms with Crippen LogP contribution in [0.4, 0.5) is 4.79 Å². The van der Waals surface area contributed by atoms with Crippen molar-refractivity contribution in [3.05, 3.63) is 58.9 Å². The number of methoxy groups -OCH3 is 1. The minimum atomic E-state index is -0.927. The highest BCUT2D eigenvalue weighted by molar-refractivity contribution is 6.30. The first-order chi connectivity index (χ1) is 12.4. The summed E-state index contributed by atoms with van der Waals surface area (Å²) in [4.78, 5) is 30.4. The first kappa shape index (κ1) is 18.2. The zero-order valence-corrected chi connectivity index (χ0v) is 15.4. The van der Waals surface area contributed by atoms with Gasteiger partial charge in [0.1, 0.15) is 11.3 Å². The zero-order valence-electron chi connectivity index (χ0n) is 14.7. The van der Waals surface area contributed by atoms with Crippen molar-refractivity contribution >= 4 is 23.5 Å². The van der Waals surface area contributed by atoms with Crippen molar-refractivity contribution in [2.45, 2.75) is 31.8 Å². The Balaban J connectivity index is 1.66. The van der Waals surface area contributed by atoms with Crippen LogP contribution in [0.3, 0.4) is 0 Å². The summed E-state index contributed by atoms with van der Waals surface area (Å²) in [6.45, 7) is 1.88. The van der Waals surface area contributed by atoms with E-state index in [2.05, 4.69) is 10.3 Å². The number of rotatable bonds is 6. The molecule has 2 aromatic rings. The lowest BCUT2D eigenvalue weighted by molar-refractivity contribution is -0.131. The molecule has 1 aromatic heterocycles. The third kappa shape index (κ3) is 3.80. The van der Waals surface area contributed by atoms with Gasteiger partial charge < -0.3 is 10.1 Å². The van der Waals surface area contributed by atoms with Gasteiger partial charge in [-0.2, -0.15) is 0 Å². The molecular weight excluding hydrogens is 354 g/mol. The number of aromatic nitrogens is 1. The molecular formula is C19H20ClN3O3. The summed E-state index contributed by atoms with van der Waals surface area (Å²) in [5.41, 5.74) is 0.757. The third-order valence-corrected chi connectivity index (χ3v) is 4.75. The molecule has 0 aliphatic carbocycles. The fourth-order valence-electron chi connectivity index (χ4n) is 2.91. The highest BCUT2D eigenvalue weighted by Gasteiger charge is 2.47. The number of imide groups is 1. The average Bonchev–Trinajstić information content (AvgIpc) is 2.86. The summed E-state index contributed by atoms with van der Waals surface area (Å²) in [5, 5.41) is 3.32. The van der Waals surface area contributed by atoms with Crippen LogP contribution in [0, 0.1) is 0 Å². The van der Waals surface area contributed by atoms with E-state index in [1.54, 1.807) is 26.2 Å². The topological polar surface area (TPSA) is 71.5 Å². The van der Waals surface area contributed by atoms with E-state index in [4.69, 9.17) is 16.3 Å². The van der Waals surface area contributed by atoms with Gasteiger partial charge in [-0.1, -0.05) is 23.7 Å².